The predicted molar refractivity (Wildman–Crippen MR) is 79.8 cm³/mol. The van der Waals surface area contributed by atoms with Crippen molar-refractivity contribution in [3.05, 3.63) is 40.3 Å². The van der Waals surface area contributed by atoms with Crippen molar-refractivity contribution in [2.24, 2.45) is 5.73 Å². The summed E-state index contributed by atoms with van der Waals surface area (Å²) in [6, 6.07) is 7.99. The third-order valence-corrected chi connectivity index (χ3v) is 3.95. The highest BCUT2D eigenvalue weighted by molar-refractivity contribution is 7.09. The summed E-state index contributed by atoms with van der Waals surface area (Å²) in [6.07, 6.45) is 0. The van der Waals surface area contributed by atoms with E-state index in [4.69, 9.17) is 10.5 Å². The lowest BCUT2D eigenvalue weighted by atomic mass is 10.2. The van der Waals surface area contributed by atoms with E-state index in [1.54, 1.807) is 18.4 Å². The summed E-state index contributed by atoms with van der Waals surface area (Å²) in [5, 5.41) is 3.05. The molecule has 1 aromatic heterocycles. The van der Waals surface area contributed by atoms with Crippen LogP contribution in [0.25, 0.3) is 0 Å². The molecule has 0 aliphatic heterocycles. The normalized spacial score (nSPS) is 12.2. The largest absolute Gasteiger partial charge is 0.497 e. The lowest BCUT2D eigenvalue weighted by Gasteiger charge is -2.18. The molecule has 2 N–H and O–H groups in total. The second-order valence-corrected chi connectivity index (χ2v) is 5.41. The molecule has 1 aromatic carbocycles. The number of hydrogen-bond acceptors (Lipinski definition) is 5. The Hall–Kier alpha value is -1.59. The molecule has 102 valence electrons. The highest BCUT2D eigenvalue weighted by Gasteiger charge is 2.09. The molecule has 0 amide bonds. The van der Waals surface area contributed by atoms with Crippen molar-refractivity contribution >= 4 is 17.0 Å². The van der Waals surface area contributed by atoms with Gasteiger partial charge in [-0.3, -0.25) is 0 Å². The maximum Gasteiger partial charge on any atom is 0.120 e. The Morgan fingerprint density at radius 2 is 2.26 bits per heavy atom. The number of rotatable bonds is 5. The molecule has 2 rings (SSSR count). The number of nitrogens with two attached hydrogens (primary N) is 1. The first-order chi connectivity index (χ1) is 9.10. The topological polar surface area (TPSA) is 51.4 Å². The maximum absolute atomic E-state index is 5.82. The fraction of sp³-hybridized carbons (Fsp3) is 0.357. The van der Waals surface area contributed by atoms with Gasteiger partial charge in [-0.05, 0) is 19.1 Å². The Bertz CT molecular complexity index is 539. The zero-order valence-electron chi connectivity index (χ0n) is 11.5. The molecule has 0 spiro atoms. The second kappa shape index (κ2) is 6.04. The summed E-state index contributed by atoms with van der Waals surface area (Å²) < 4.78 is 5.23. The van der Waals surface area contributed by atoms with Gasteiger partial charge < -0.3 is 15.4 Å². The number of thiazole rings is 1. The molecule has 19 heavy (non-hydrogen) atoms. The zero-order chi connectivity index (χ0) is 13.8. The number of benzene rings is 1. The molecule has 0 radical (unpaired) electrons. The van der Waals surface area contributed by atoms with Crippen LogP contribution in [0.1, 0.15) is 23.7 Å². The van der Waals surface area contributed by atoms with Gasteiger partial charge in [0, 0.05) is 24.2 Å². The van der Waals surface area contributed by atoms with Crippen molar-refractivity contribution in [1.29, 1.82) is 0 Å². The minimum atomic E-state index is 0.000811. The molecule has 1 heterocycles. The summed E-state index contributed by atoms with van der Waals surface area (Å²) in [5.41, 5.74) is 7.97. The lowest BCUT2D eigenvalue weighted by molar-refractivity contribution is 0.415. The van der Waals surface area contributed by atoms with E-state index in [0.717, 1.165) is 28.7 Å². The van der Waals surface area contributed by atoms with Crippen LogP contribution in [0.15, 0.2) is 29.6 Å². The standard InChI is InChI=1S/C14H19N3OS/c1-10(15)14-16-11(9-19-14)8-17(2)12-5-4-6-13(7-12)18-3/h4-7,9-10H,8,15H2,1-3H3. The van der Waals surface area contributed by atoms with Crippen LogP contribution >= 0.6 is 11.3 Å². The number of nitrogens with zero attached hydrogens (tertiary/aromatic N) is 2. The summed E-state index contributed by atoms with van der Waals surface area (Å²) in [6.45, 7) is 2.71. The van der Waals surface area contributed by atoms with Crippen LogP contribution in [0.5, 0.6) is 5.75 Å². The van der Waals surface area contributed by atoms with Crippen LogP contribution in [0, 0.1) is 0 Å². The average molecular weight is 277 g/mol. The fourth-order valence-corrected chi connectivity index (χ4v) is 2.56. The SMILES string of the molecule is COc1cccc(N(C)Cc2csc(C(C)N)n2)c1. The lowest BCUT2D eigenvalue weighted by Crippen LogP contribution is -2.16. The van der Waals surface area contributed by atoms with Crippen LogP contribution in [-0.2, 0) is 6.54 Å². The molecule has 0 fully saturated rings. The highest BCUT2D eigenvalue weighted by Crippen LogP contribution is 2.22. The third kappa shape index (κ3) is 3.45. The fourth-order valence-electron chi connectivity index (χ4n) is 1.79. The molecule has 1 atom stereocenters. The van der Waals surface area contributed by atoms with Gasteiger partial charge in [0.2, 0.25) is 0 Å². The first-order valence-electron chi connectivity index (χ1n) is 6.15. The minimum absolute atomic E-state index is 0.000811. The molecule has 0 saturated heterocycles. The van der Waals surface area contributed by atoms with Crippen LogP contribution in [0.4, 0.5) is 5.69 Å². The van der Waals surface area contributed by atoms with Crippen LogP contribution in [-0.4, -0.2) is 19.1 Å². The van der Waals surface area contributed by atoms with Gasteiger partial charge in [-0.15, -0.1) is 11.3 Å². The molecule has 1 unspecified atom stereocenters. The van der Waals surface area contributed by atoms with E-state index < -0.39 is 0 Å². The molecule has 5 heteroatoms. The van der Waals surface area contributed by atoms with Gasteiger partial charge in [-0.25, -0.2) is 4.98 Å². The number of hydrogen-bond donors (Lipinski definition) is 1. The number of aromatic nitrogens is 1. The van der Waals surface area contributed by atoms with Crippen LogP contribution in [0.2, 0.25) is 0 Å². The Morgan fingerprint density at radius 1 is 1.47 bits per heavy atom. The quantitative estimate of drug-likeness (QED) is 0.913. The van der Waals surface area contributed by atoms with Gasteiger partial charge >= 0.3 is 0 Å². The summed E-state index contributed by atoms with van der Waals surface area (Å²) in [7, 11) is 3.72. The Kier molecular flexibility index (Phi) is 4.39. The second-order valence-electron chi connectivity index (χ2n) is 4.52. The molecule has 0 aliphatic carbocycles. The third-order valence-electron chi connectivity index (χ3n) is 2.85. The average Bonchev–Trinajstić information content (AvgIpc) is 2.87. The van der Waals surface area contributed by atoms with Gasteiger partial charge in [-0.1, -0.05) is 6.07 Å². The van der Waals surface area contributed by atoms with Crippen molar-refractivity contribution in [3.63, 3.8) is 0 Å². The van der Waals surface area contributed by atoms with Gasteiger partial charge in [-0.2, -0.15) is 0 Å². The van der Waals surface area contributed by atoms with E-state index in [9.17, 15) is 0 Å². The van der Waals surface area contributed by atoms with Gasteiger partial charge in [0.05, 0.1) is 25.4 Å². The number of methoxy groups -OCH3 is 1. The van der Waals surface area contributed by atoms with E-state index in [1.807, 2.05) is 32.2 Å². The van der Waals surface area contributed by atoms with Crippen molar-refractivity contribution in [3.8, 4) is 5.75 Å². The molecular weight excluding hydrogens is 258 g/mol. The molecule has 0 saturated carbocycles. The molecule has 2 aromatic rings. The van der Waals surface area contributed by atoms with Crippen molar-refractivity contribution in [2.75, 3.05) is 19.1 Å². The first-order valence-corrected chi connectivity index (χ1v) is 7.03. The van der Waals surface area contributed by atoms with Crippen LogP contribution < -0.4 is 15.4 Å². The van der Waals surface area contributed by atoms with Crippen molar-refractivity contribution < 1.29 is 4.74 Å². The molecule has 0 aliphatic rings. The number of ether oxygens (including phenoxy) is 1. The van der Waals surface area contributed by atoms with E-state index in [-0.39, 0.29) is 6.04 Å². The predicted octanol–water partition coefficient (Wildman–Crippen LogP) is 2.81. The van der Waals surface area contributed by atoms with Gasteiger partial charge in [0.25, 0.3) is 0 Å². The Morgan fingerprint density at radius 3 is 2.89 bits per heavy atom. The monoisotopic (exact) mass is 277 g/mol. The van der Waals surface area contributed by atoms with E-state index in [0.29, 0.717) is 0 Å². The Balaban J connectivity index is 2.08. The van der Waals surface area contributed by atoms with Gasteiger partial charge in [0.15, 0.2) is 0 Å². The maximum atomic E-state index is 5.82. The summed E-state index contributed by atoms with van der Waals surface area (Å²) >= 11 is 1.62. The van der Waals surface area contributed by atoms with E-state index in [1.165, 1.54) is 0 Å². The first kappa shape index (κ1) is 13.8. The molecule has 4 nitrogen and oxygen atoms in total. The van der Waals surface area contributed by atoms with E-state index >= 15 is 0 Å². The highest BCUT2D eigenvalue weighted by atomic mass is 32.1. The Labute approximate surface area is 117 Å². The van der Waals surface area contributed by atoms with Crippen molar-refractivity contribution in [1.82, 2.24) is 4.98 Å². The zero-order valence-corrected chi connectivity index (χ0v) is 12.3. The smallest absolute Gasteiger partial charge is 0.120 e. The van der Waals surface area contributed by atoms with Crippen LogP contribution in [0.3, 0.4) is 0 Å². The van der Waals surface area contributed by atoms with Gasteiger partial charge in [0.1, 0.15) is 10.8 Å². The van der Waals surface area contributed by atoms with E-state index in [2.05, 4.69) is 21.3 Å². The molecular formula is C14H19N3OS. The minimum Gasteiger partial charge on any atom is -0.497 e. The summed E-state index contributed by atoms with van der Waals surface area (Å²) in [4.78, 5) is 6.68. The number of anilines is 1. The summed E-state index contributed by atoms with van der Waals surface area (Å²) in [5.74, 6) is 0.860. The van der Waals surface area contributed by atoms with Crippen molar-refractivity contribution in [2.45, 2.75) is 19.5 Å². The molecule has 0 bridgehead atoms.